The molecule has 1 aromatic carbocycles. The van der Waals surface area contributed by atoms with Crippen molar-refractivity contribution in [2.75, 3.05) is 39.6 Å². The Kier molecular flexibility index (Phi) is 10.8. The first-order valence-corrected chi connectivity index (χ1v) is 8.35. The Balaban J connectivity index is 2.22. The first kappa shape index (κ1) is 23.3. The molecule has 0 aliphatic carbocycles. The minimum Gasteiger partial charge on any atom is -0.420 e. The van der Waals surface area contributed by atoms with Gasteiger partial charge in [0.1, 0.15) is 0 Å². The second-order valence-corrected chi connectivity index (χ2v) is 5.31. The summed E-state index contributed by atoms with van der Waals surface area (Å²) in [5.74, 6) is -14.0. The summed E-state index contributed by atoms with van der Waals surface area (Å²) in [7, 11) is 0. The van der Waals surface area contributed by atoms with Gasteiger partial charge in [-0.15, -0.1) is 0 Å². The van der Waals surface area contributed by atoms with Crippen molar-refractivity contribution in [3.63, 3.8) is 0 Å². The number of unbranched alkanes of at least 4 members (excludes halogenated alkanes) is 1. The van der Waals surface area contributed by atoms with E-state index in [0.29, 0.717) is 19.8 Å². The van der Waals surface area contributed by atoms with E-state index < -0.39 is 47.2 Å². The van der Waals surface area contributed by atoms with Crippen molar-refractivity contribution < 1.29 is 45.7 Å². The third kappa shape index (κ3) is 7.77. The predicted octanol–water partition coefficient (Wildman–Crippen LogP) is 3.53. The van der Waals surface area contributed by atoms with Gasteiger partial charge in [0.2, 0.25) is 34.8 Å². The minimum atomic E-state index is -2.33. The van der Waals surface area contributed by atoms with Gasteiger partial charge in [0, 0.05) is 6.61 Å². The summed E-state index contributed by atoms with van der Waals surface area (Å²) in [6, 6.07) is 0. The minimum absolute atomic E-state index is 0.144. The van der Waals surface area contributed by atoms with Crippen LogP contribution in [-0.4, -0.2) is 45.6 Å². The molecule has 0 spiro atoms. The lowest BCUT2D eigenvalue weighted by Gasteiger charge is -2.09. The first-order valence-electron chi connectivity index (χ1n) is 8.35. The number of hydrogen-bond donors (Lipinski definition) is 0. The van der Waals surface area contributed by atoms with Gasteiger partial charge >= 0.3 is 5.97 Å². The molecular formula is C17H21F5O5. The third-order valence-corrected chi connectivity index (χ3v) is 3.22. The van der Waals surface area contributed by atoms with Crippen LogP contribution in [0.4, 0.5) is 22.0 Å². The molecule has 0 aromatic heterocycles. The largest absolute Gasteiger partial charge is 0.420 e. The van der Waals surface area contributed by atoms with Gasteiger partial charge in [-0.05, 0) is 6.42 Å². The van der Waals surface area contributed by atoms with Crippen molar-refractivity contribution in [3.8, 4) is 5.75 Å². The van der Waals surface area contributed by atoms with Gasteiger partial charge < -0.3 is 18.9 Å². The highest BCUT2D eigenvalue weighted by Crippen LogP contribution is 2.29. The molecule has 1 rings (SSSR count). The van der Waals surface area contributed by atoms with Crippen LogP contribution < -0.4 is 4.74 Å². The summed E-state index contributed by atoms with van der Waals surface area (Å²) < 4.78 is 85.3. The van der Waals surface area contributed by atoms with Crippen LogP contribution >= 0.6 is 0 Å². The fourth-order valence-electron chi connectivity index (χ4n) is 1.78. The Bertz CT molecular complexity index is 583. The van der Waals surface area contributed by atoms with Crippen LogP contribution in [0.5, 0.6) is 5.75 Å². The molecule has 1 aromatic rings. The van der Waals surface area contributed by atoms with Crippen molar-refractivity contribution in [2.24, 2.45) is 0 Å². The topological polar surface area (TPSA) is 54.0 Å². The molecule has 0 saturated carbocycles. The summed E-state index contributed by atoms with van der Waals surface area (Å²) in [4.78, 5) is 11.5. The molecule has 0 N–H and O–H groups in total. The average Bonchev–Trinajstić information content (AvgIpc) is 2.66. The normalized spacial score (nSPS) is 11.0. The Morgan fingerprint density at radius 1 is 0.704 bits per heavy atom. The van der Waals surface area contributed by atoms with Crippen LogP contribution in [0.3, 0.4) is 0 Å². The highest BCUT2D eigenvalue weighted by Gasteiger charge is 2.28. The molecule has 0 saturated heterocycles. The monoisotopic (exact) mass is 400 g/mol. The van der Waals surface area contributed by atoms with Crippen LogP contribution in [0.25, 0.3) is 0 Å². The molecular weight excluding hydrogens is 379 g/mol. The summed E-state index contributed by atoms with van der Waals surface area (Å²) in [6.07, 6.45) is 1.57. The maximum absolute atomic E-state index is 13.4. The standard InChI is InChI=1S/C17H21F5O5/c1-2-3-5-24-7-9-26-10-8-25-6-4-11(23)27-17-15(21)13(19)12(18)14(20)16(17)22/h2-10H2,1H3. The van der Waals surface area contributed by atoms with E-state index in [1.807, 2.05) is 0 Å². The van der Waals surface area contributed by atoms with Gasteiger partial charge in [0.15, 0.2) is 0 Å². The fourth-order valence-corrected chi connectivity index (χ4v) is 1.78. The molecule has 0 radical (unpaired) electrons. The predicted molar refractivity (Wildman–Crippen MR) is 83.8 cm³/mol. The summed E-state index contributed by atoms with van der Waals surface area (Å²) in [5, 5.41) is 0. The summed E-state index contributed by atoms with van der Waals surface area (Å²) in [6.45, 7) is 3.76. The number of rotatable bonds is 13. The number of carbonyl (C=O) groups is 1. The van der Waals surface area contributed by atoms with Crippen LogP contribution in [-0.2, 0) is 19.0 Å². The number of benzene rings is 1. The first-order chi connectivity index (χ1) is 12.9. The quantitative estimate of drug-likeness (QED) is 0.127. The molecule has 0 unspecified atom stereocenters. The van der Waals surface area contributed by atoms with Crippen LogP contribution in [0, 0.1) is 29.1 Å². The molecule has 5 nitrogen and oxygen atoms in total. The second-order valence-electron chi connectivity index (χ2n) is 5.31. The second kappa shape index (κ2) is 12.6. The summed E-state index contributed by atoms with van der Waals surface area (Å²) in [5.41, 5.74) is 0. The SMILES string of the molecule is CCCCOCCOCCOCCC(=O)Oc1c(F)c(F)c(F)c(F)c1F. The molecule has 0 amide bonds. The Labute approximate surface area is 153 Å². The zero-order chi connectivity index (χ0) is 20.2. The molecule has 10 heteroatoms. The number of halogens is 5. The molecule has 0 aliphatic heterocycles. The molecule has 0 bridgehead atoms. The van der Waals surface area contributed by atoms with Gasteiger partial charge in [-0.2, -0.15) is 8.78 Å². The number of ether oxygens (including phenoxy) is 4. The zero-order valence-electron chi connectivity index (χ0n) is 14.8. The van der Waals surface area contributed by atoms with E-state index in [1.54, 1.807) is 0 Å². The molecule has 27 heavy (non-hydrogen) atoms. The zero-order valence-corrected chi connectivity index (χ0v) is 14.8. The van der Waals surface area contributed by atoms with Crippen LogP contribution in [0.1, 0.15) is 26.2 Å². The third-order valence-electron chi connectivity index (χ3n) is 3.22. The van der Waals surface area contributed by atoms with Gasteiger partial charge in [0.05, 0.1) is 39.5 Å². The summed E-state index contributed by atoms with van der Waals surface area (Å²) >= 11 is 0. The van der Waals surface area contributed by atoms with Crippen molar-refractivity contribution in [1.82, 2.24) is 0 Å². The maximum Gasteiger partial charge on any atom is 0.313 e. The average molecular weight is 400 g/mol. The smallest absolute Gasteiger partial charge is 0.313 e. The van der Waals surface area contributed by atoms with E-state index in [-0.39, 0.29) is 19.8 Å². The lowest BCUT2D eigenvalue weighted by Crippen LogP contribution is -2.16. The van der Waals surface area contributed by atoms with E-state index in [9.17, 15) is 26.7 Å². The number of hydrogen-bond acceptors (Lipinski definition) is 5. The van der Waals surface area contributed by atoms with E-state index in [2.05, 4.69) is 11.7 Å². The Morgan fingerprint density at radius 2 is 1.15 bits per heavy atom. The molecule has 0 atom stereocenters. The number of carbonyl (C=O) groups excluding carboxylic acids is 1. The molecule has 154 valence electrons. The van der Waals surface area contributed by atoms with E-state index in [1.165, 1.54) is 0 Å². The van der Waals surface area contributed by atoms with Crippen molar-refractivity contribution in [2.45, 2.75) is 26.2 Å². The molecule has 0 heterocycles. The van der Waals surface area contributed by atoms with E-state index in [4.69, 9.17) is 14.2 Å². The maximum atomic E-state index is 13.4. The number of esters is 1. The van der Waals surface area contributed by atoms with Crippen LogP contribution in [0.2, 0.25) is 0 Å². The van der Waals surface area contributed by atoms with Gasteiger partial charge in [-0.3, -0.25) is 4.79 Å². The van der Waals surface area contributed by atoms with Crippen LogP contribution in [0.15, 0.2) is 0 Å². The van der Waals surface area contributed by atoms with E-state index >= 15 is 0 Å². The van der Waals surface area contributed by atoms with Crippen molar-refractivity contribution in [3.05, 3.63) is 29.1 Å². The highest BCUT2D eigenvalue weighted by molar-refractivity contribution is 5.72. The molecule has 0 fully saturated rings. The van der Waals surface area contributed by atoms with Crippen molar-refractivity contribution in [1.29, 1.82) is 0 Å². The lowest BCUT2D eigenvalue weighted by atomic mass is 10.2. The van der Waals surface area contributed by atoms with E-state index in [0.717, 1.165) is 12.8 Å². The van der Waals surface area contributed by atoms with Gasteiger partial charge in [-0.1, -0.05) is 13.3 Å². The van der Waals surface area contributed by atoms with Crippen molar-refractivity contribution >= 4 is 5.97 Å². The highest BCUT2D eigenvalue weighted by atomic mass is 19.2. The fraction of sp³-hybridized carbons (Fsp3) is 0.588. The van der Waals surface area contributed by atoms with Gasteiger partial charge in [-0.25, -0.2) is 13.2 Å². The van der Waals surface area contributed by atoms with Gasteiger partial charge in [0.25, 0.3) is 0 Å². The Hall–Kier alpha value is -1.78. The molecule has 0 aliphatic rings. The Morgan fingerprint density at radius 3 is 1.67 bits per heavy atom. The lowest BCUT2D eigenvalue weighted by molar-refractivity contribution is -0.136.